The van der Waals surface area contributed by atoms with Gasteiger partial charge in [-0.3, -0.25) is 4.79 Å². The molecule has 1 aliphatic heterocycles. The van der Waals surface area contributed by atoms with Crippen molar-refractivity contribution in [2.45, 2.75) is 25.6 Å². The van der Waals surface area contributed by atoms with E-state index in [4.69, 9.17) is 9.47 Å². The van der Waals surface area contributed by atoms with Gasteiger partial charge in [0, 0.05) is 25.9 Å². The van der Waals surface area contributed by atoms with Crippen molar-refractivity contribution in [1.82, 2.24) is 0 Å². The molecule has 1 fully saturated rings. The quantitative estimate of drug-likeness (QED) is 0.571. The molecule has 2 rings (SSSR count). The molecule has 0 amide bonds. The lowest BCUT2D eigenvalue weighted by Gasteiger charge is -2.25. The van der Waals surface area contributed by atoms with Crippen LogP contribution in [0.1, 0.15) is 24.8 Å². The number of rotatable bonds is 7. The highest BCUT2D eigenvalue weighted by Gasteiger charge is 2.13. The molecule has 0 saturated carbocycles. The van der Waals surface area contributed by atoms with Crippen molar-refractivity contribution in [2.75, 3.05) is 31.7 Å². The monoisotopic (exact) mass is 289 g/mol. The highest BCUT2D eigenvalue weighted by molar-refractivity contribution is 5.74. The molecule has 4 heteroatoms. The lowest BCUT2D eigenvalue weighted by molar-refractivity contribution is -0.160. The molecule has 0 aromatic heterocycles. The molecule has 1 aromatic rings. The van der Waals surface area contributed by atoms with Crippen molar-refractivity contribution >= 4 is 18.0 Å². The minimum absolute atomic E-state index is 0.0250. The van der Waals surface area contributed by atoms with E-state index < -0.39 is 0 Å². The Morgan fingerprint density at radius 2 is 2.14 bits per heavy atom. The summed E-state index contributed by atoms with van der Waals surface area (Å²) in [5.41, 5.74) is 2.15. The lowest BCUT2D eigenvalue weighted by atomic mass is 10.2. The summed E-state index contributed by atoms with van der Waals surface area (Å²) in [5.74, 6) is 0. The van der Waals surface area contributed by atoms with Crippen LogP contribution in [0.4, 0.5) is 5.69 Å². The molecule has 0 spiro atoms. The van der Waals surface area contributed by atoms with Gasteiger partial charge in [0.1, 0.15) is 6.29 Å². The second-order valence-electron chi connectivity index (χ2n) is 5.18. The van der Waals surface area contributed by atoms with Gasteiger partial charge in [0.2, 0.25) is 0 Å². The third-order valence-corrected chi connectivity index (χ3v) is 3.57. The maximum absolute atomic E-state index is 10.3. The number of nitrogens with zero attached hydrogens (tertiary/aromatic N) is 1. The summed E-state index contributed by atoms with van der Waals surface area (Å²) in [4.78, 5) is 12.4. The van der Waals surface area contributed by atoms with Crippen molar-refractivity contribution in [2.24, 2.45) is 0 Å². The fraction of sp³-hybridized carbons (Fsp3) is 0.471. The third-order valence-electron chi connectivity index (χ3n) is 3.57. The van der Waals surface area contributed by atoms with Gasteiger partial charge >= 0.3 is 0 Å². The Morgan fingerprint density at radius 1 is 1.33 bits per heavy atom. The number of ether oxygens (including phenoxy) is 2. The van der Waals surface area contributed by atoms with E-state index >= 15 is 0 Å². The largest absolute Gasteiger partial charge is 0.372 e. The molecule has 21 heavy (non-hydrogen) atoms. The first-order valence-electron chi connectivity index (χ1n) is 7.46. The van der Waals surface area contributed by atoms with Crippen LogP contribution < -0.4 is 4.90 Å². The van der Waals surface area contributed by atoms with Gasteiger partial charge in [-0.2, -0.15) is 0 Å². The summed E-state index contributed by atoms with van der Waals surface area (Å²) in [6, 6.07) is 8.08. The number of carbonyl (C=O) groups is 1. The van der Waals surface area contributed by atoms with E-state index in [1.165, 1.54) is 12.5 Å². The average Bonchev–Trinajstić information content (AvgIpc) is 2.54. The number of anilines is 1. The van der Waals surface area contributed by atoms with Gasteiger partial charge in [-0.15, -0.1) is 0 Å². The van der Waals surface area contributed by atoms with Crippen LogP contribution in [-0.2, 0) is 14.3 Å². The molecule has 1 heterocycles. The minimum Gasteiger partial charge on any atom is -0.372 e. The Morgan fingerprint density at radius 3 is 2.81 bits per heavy atom. The summed E-state index contributed by atoms with van der Waals surface area (Å²) < 4.78 is 11.3. The lowest BCUT2D eigenvalue weighted by Crippen LogP contribution is -2.28. The number of benzene rings is 1. The first kappa shape index (κ1) is 15.7. The Kier molecular flexibility index (Phi) is 6.44. The van der Waals surface area contributed by atoms with Gasteiger partial charge in [-0.1, -0.05) is 18.2 Å². The smallest absolute Gasteiger partial charge is 0.157 e. The van der Waals surface area contributed by atoms with Crippen LogP contribution in [0.5, 0.6) is 0 Å². The highest BCUT2D eigenvalue weighted by Crippen LogP contribution is 2.16. The molecular formula is C17H23NO3. The van der Waals surface area contributed by atoms with E-state index in [1.807, 2.05) is 31.3 Å². The summed E-state index contributed by atoms with van der Waals surface area (Å²) in [6.45, 7) is 2.30. The van der Waals surface area contributed by atoms with Gasteiger partial charge in [0.05, 0.1) is 6.61 Å². The Bertz CT molecular complexity index is 450. The number of likely N-dealkylation sites (N-methyl/N-ethyl adjacent to an activating group) is 1. The van der Waals surface area contributed by atoms with E-state index in [0.29, 0.717) is 6.61 Å². The molecule has 114 valence electrons. The van der Waals surface area contributed by atoms with Crippen molar-refractivity contribution in [3.8, 4) is 0 Å². The Balaban J connectivity index is 1.75. The van der Waals surface area contributed by atoms with E-state index in [0.717, 1.165) is 43.5 Å². The Hall–Kier alpha value is -1.65. The van der Waals surface area contributed by atoms with Crippen LogP contribution in [-0.4, -0.2) is 39.4 Å². The van der Waals surface area contributed by atoms with Crippen LogP contribution in [0.25, 0.3) is 6.08 Å². The van der Waals surface area contributed by atoms with E-state index in [-0.39, 0.29) is 6.29 Å². The SMILES string of the molecule is CN(CCOC1CCCCO1)c1ccc(/C=C/C=O)cc1. The zero-order valence-electron chi connectivity index (χ0n) is 12.5. The molecule has 1 aromatic carbocycles. The zero-order valence-corrected chi connectivity index (χ0v) is 12.5. The first-order chi connectivity index (χ1) is 10.3. The van der Waals surface area contributed by atoms with Crippen molar-refractivity contribution < 1.29 is 14.3 Å². The fourth-order valence-electron chi connectivity index (χ4n) is 2.28. The normalized spacial score (nSPS) is 18.8. The molecule has 4 nitrogen and oxygen atoms in total. The standard InChI is InChI=1S/C17H23NO3/c1-18(11-14-21-17-6-2-3-13-20-17)16-9-7-15(8-10-16)5-4-12-19/h4-5,7-10,12,17H,2-3,6,11,13-14H2,1H3/b5-4+. The van der Waals surface area contributed by atoms with E-state index in [9.17, 15) is 4.79 Å². The van der Waals surface area contributed by atoms with Gasteiger partial charge in [-0.25, -0.2) is 0 Å². The maximum Gasteiger partial charge on any atom is 0.157 e. The van der Waals surface area contributed by atoms with Crippen molar-refractivity contribution in [3.05, 3.63) is 35.9 Å². The van der Waals surface area contributed by atoms with E-state index in [2.05, 4.69) is 4.90 Å². The fourth-order valence-corrected chi connectivity index (χ4v) is 2.28. The molecule has 1 atom stereocenters. The highest BCUT2D eigenvalue weighted by atomic mass is 16.7. The summed E-state index contributed by atoms with van der Waals surface area (Å²) in [7, 11) is 2.04. The number of allylic oxidation sites excluding steroid dienone is 1. The molecule has 1 unspecified atom stereocenters. The summed E-state index contributed by atoms with van der Waals surface area (Å²) in [6.07, 6.45) is 7.38. The van der Waals surface area contributed by atoms with Crippen LogP contribution in [0, 0.1) is 0 Å². The second-order valence-corrected chi connectivity index (χ2v) is 5.18. The van der Waals surface area contributed by atoms with Crippen LogP contribution in [0.3, 0.4) is 0 Å². The minimum atomic E-state index is -0.0250. The molecule has 0 bridgehead atoms. The average molecular weight is 289 g/mol. The molecule has 0 N–H and O–H groups in total. The Labute approximate surface area is 126 Å². The van der Waals surface area contributed by atoms with Gasteiger partial charge in [0.15, 0.2) is 6.29 Å². The maximum atomic E-state index is 10.3. The number of hydrogen-bond donors (Lipinski definition) is 0. The van der Waals surface area contributed by atoms with Crippen LogP contribution >= 0.6 is 0 Å². The van der Waals surface area contributed by atoms with Crippen LogP contribution in [0.15, 0.2) is 30.3 Å². The predicted molar refractivity (Wildman–Crippen MR) is 84.4 cm³/mol. The zero-order chi connectivity index (χ0) is 14.9. The molecule has 0 radical (unpaired) electrons. The topological polar surface area (TPSA) is 38.8 Å². The first-order valence-corrected chi connectivity index (χ1v) is 7.46. The number of carbonyl (C=O) groups excluding carboxylic acids is 1. The van der Waals surface area contributed by atoms with Crippen molar-refractivity contribution in [3.63, 3.8) is 0 Å². The summed E-state index contributed by atoms with van der Waals surface area (Å²) >= 11 is 0. The van der Waals surface area contributed by atoms with Gasteiger partial charge in [0.25, 0.3) is 0 Å². The second kappa shape index (κ2) is 8.60. The predicted octanol–water partition coefficient (Wildman–Crippen LogP) is 2.88. The van der Waals surface area contributed by atoms with Crippen LogP contribution in [0.2, 0.25) is 0 Å². The van der Waals surface area contributed by atoms with Gasteiger partial charge in [-0.05, 0) is 43.0 Å². The molecule has 1 aliphatic rings. The summed E-state index contributed by atoms with van der Waals surface area (Å²) in [5, 5.41) is 0. The molecule has 0 aliphatic carbocycles. The van der Waals surface area contributed by atoms with Gasteiger partial charge < -0.3 is 14.4 Å². The molecular weight excluding hydrogens is 266 g/mol. The number of aldehydes is 1. The molecule has 1 saturated heterocycles. The number of hydrogen-bond acceptors (Lipinski definition) is 4. The third kappa shape index (κ3) is 5.33. The van der Waals surface area contributed by atoms with Crippen molar-refractivity contribution in [1.29, 1.82) is 0 Å². The van der Waals surface area contributed by atoms with E-state index in [1.54, 1.807) is 6.08 Å².